The molecule has 4 nitrogen and oxygen atoms in total. The van der Waals surface area contributed by atoms with Crippen molar-refractivity contribution < 1.29 is 9.59 Å². The van der Waals surface area contributed by atoms with Gasteiger partial charge in [-0.2, -0.15) is 0 Å². The smallest absolute Gasteiger partial charge is 0.247 e. The molecule has 1 saturated heterocycles. The maximum atomic E-state index is 12.1. The standard InChI is InChI=1S/C16H22N2O2/c1-11(2)18-15(19)10-14(16(18)20)17-9-8-13-7-5-4-6-12(13)3/h4-7,11,14,17H,8-10H2,1-3H3. The van der Waals surface area contributed by atoms with Crippen LogP contribution in [0.1, 0.15) is 31.4 Å². The highest BCUT2D eigenvalue weighted by Gasteiger charge is 2.39. The zero-order valence-electron chi connectivity index (χ0n) is 12.3. The highest BCUT2D eigenvalue weighted by Crippen LogP contribution is 2.16. The molecule has 2 rings (SSSR count). The average Bonchev–Trinajstić information content (AvgIpc) is 2.67. The first-order valence-electron chi connectivity index (χ1n) is 7.14. The SMILES string of the molecule is Cc1ccccc1CCNC1CC(=O)N(C(C)C)C1=O. The van der Waals surface area contributed by atoms with Gasteiger partial charge in [-0.05, 0) is 44.9 Å². The van der Waals surface area contributed by atoms with Crippen LogP contribution in [0.15, 0.2) is 24.3 Å². The number of benzene rings is 1. The van der Waals surface area contributed by atoms with Crippen LogP contribution in [-0.2, 0) is 16.0 Å². The molecule has 1 unspecified atom stereocenters. The second-order valence-electron chi connectivity index (χ2n) is 5.58. The molecule has 0 radical (unpaired) electrons. The third-order valence-corrected chi connectivity index (χ3v) is 3.75. The van der Waals surface area contributed by atoms with E-state index in [1.165, 1.54) is 16.0 Å². The quantitative estimate of drug-likeness (QED) is 0.831. The summed E-state index contributed by atoms with van der Waals surface area (Å²) in [5, 5.41) is 3.21. The number of hydrogen-bond donors (Lipinski definition) is 1. The Labute approximate surface area is 120 Å². The van der Waals surface area contributed by atoms with Gasteiger partial charge in [0.05, 0.1) is 12.5 Å². The van der Waals surface area contributed by atoms with Gasteiger partial charge in [0, 0.05) is 6.04 Å². The molecule has 0 bridgehead atoms. The average molecular weight is 274 g/mol. The van der Waals surface area contributed by atoms with E-state index in [1.807, 2.05) is 26.0 Å². The summed E-state index contributed by atoms with van der Waals surface area (Å²) in [6, 6.07) is 7.81. The van der Waals surface area contributed by atoms with Crippen LogP contribution in [0.2, 0.25) is 0 Å². The lowest BCUT2D eigenvalue weighted by Crippen LogP contribution is -2.42. The molecule has 0 saturated carbocycles. The minimum Gasteiger partial charge on any atom is -0.305 e. The summed E-state index contributed by atoms with van der Waals surface area (Å²) >= 11 is 0. The van der Waals surface area contributed by atoms with Gasteiger partial charge in [-0.15, -0.1) is 0 Å². The molecule has 1 aromatic carbocycles. The van der Waals surface area contributed by atoms with Crippen molar-refractivity contribution in [1.29, 1.82) is 0 Å². The number of carbonyl (C=O) groups excluding carboxylic acids is 2. The lowest BCUT2D eigenvalue weighted by molar-refractivity contribution is -0.140. The van der Waals surface area contributed by atoms with Crippen LogP contribution < -0.4 is 5.32 Å². The maximum absolute atomic E-state index is 12.1. The Morgan fingerprint density at radius 2 is 2.00 bits per heavy atom. The Hall–Kier alpha value is -1.68. The second kappa shape index (κ2) is 6.18. The third-order valence-electron chi connectivity index (χ3n) is 3.75. The molecule has 0 aromatic heterocycles. The Morgan fingerprint density at radius 3 is 2.60 bits per heavy atom. The number of amides is 2. The summed E-state index contributed by atoms with van der Waals surface area (Å²) < 4.78 is 0. The zero-order valence-corrected chi connectivity index (χ0v) is 12.3. The number of aryl methyl sites for hydroxylation is 1. The highest BCUT2D eigenvalue weighted by molar-refractivity contribution is 6.05. The van der Waals surface area contributed by atoms with Crippen molar-refractivity contribution in [2.45, 2.75) is 45.7 Å². The van der Waals surface area contributed by atoms with E-state index >= 15 is 0 Å². The normalized spacial score (nSPS) is 19.2. The number of rotatable bonds is 5. The van der Waals surface area contributed by atoms with Crippen LogP contribution in [0.25, 0.3) is 0 Å². The van der Waals surface area contributed by atoms with Crippen molar-refractivity contribution in [2.75, 3.05) is 6.54 Å². The number of imide groups is 1. The lowest BCUT2D eigenvalue weighted by atomic mass is 10.1. The maximum Gasteiger partial charge on any atom is 0.247 e. The fraction of sp³-hybridized carbons (Fsp3) is 0.500. The van der Waals surface area contributed by atoms with E-state index in [2.05, 4.69) is 24.4 Å². The van der Waals surface area contributed by atoms with Crippen LogP contribution in [0, 0.1) is 6.92 Å². The topological polar surface area (TPSA) is 49.4 Å². The van der Waals surface area contributed by atoms with Crippen molar-refractivity contribution in [3.8, 4) is 0 Å². The van der Waals surface area contributed by atoms with E-state index in [4.69, 9.17) is 0 Å². The monoisotopic (exact) mass is 274 g/mol. The first-order chi connectivity index (χ1) is 9.50. The molecule has 1 aromatic rings. The Kier molecular flexibility index (Phi) is 4.55. The van der Waals surface area contributed by atoms with Crippen LogP contribution in [0.4, 0.5) is 0 Å². The second-order valence-corrected chi connectivity index (χ2v) is 5.58. The predicted octanol–water partition coefficient (Wildman–Crippen LogP) is 1.66. The largest absolute Gasteiger partial charge is 0.305 e. The molecule has 1 aliphatic rings. The Bertz CT molecular complexity index is 511. The zero-order chi connectivity index (χ0) is 14.7. The molecule has 108 valence electrons. The van der Waals surface area contributed by atoms with E-state index in [0.717, 1.165) is 6.42 Å². The molecule has 1 N–H and O–H groups in total. The minimum atomic E-state index is -0.353. The number of nitrogens with one attached hydrogen (secondary N) is 1. The first-order valence-corrected chi connectivity index (χ1v) is 7.14. The van der Waals surface area contributed by atoms with Crippen molar-refractivity contribution in [2.24, 2.45) is 0 Å². The number of likely N-dealkylation sites (tertiary alicyclic amines) is 1. The molecular weight excluding hydrogens is 252 g/mol. The van der Waals surface area contributed by atoms with Gasteiger partial charge < -0.3 is 5.32 Å². The summed E-state index contributed by atoms with van der Waals surface area (Å²) in [7, 11) is 0. The van der Waals surface area contributed by atoms with Gasteiger partial charge in [-0.1, -0.05) is 24.3 Å². The van der Waals surface area contributed by atoms with Gasteiger partial charge in [-0.3, -0.25) is 14.5 Å². The van der Waals surface area contributed by atoms with Crippen molar-refractivity contribution in [1.82, 2.24) is 10.2 Å². The van der Waals surface area contributed by atoms with Gasteiger partial charge >= 0.3 is 0 Å². The molecule has 1 fully saturated rings. The molecule has 4 heteroatoms. The lowest BCUT2D eigenvalue weighted by Gasteiger charge is -2.19. The summed E-state index contributed by atoms with van der Waals surface area (Å²) in [4.78, 5) is 25.3. The van der Waals surface area contributed by atoms with E-state index in [1.54, 1.807) is 0 Å². The van der Waals surface area contributed by atoms with Gasteiger partial charge in [0.2, 0.25) is 11.8 Å². The van der Waals surface area contributed by atoms with Gasteiger partial charge in [-0.25, -0.2) is 0 Å². The molecule has 1 atom stereocenters. The molecule has 0 spiro atoms. The van der Waals surface area contributed by atoms with E-state index in [9.17, 15) is 9.59 Å². The summed E-state index contributed by atoms with van der Waals surface area (Å²) in [5.41, 5.74) is 2.53. The highest BCUT2D eigenvalue weighted by atomic mass is 16.2. The van der Waals surface area contributed by atoms with Crippen LogP contribution >= 0.6 is 0 Å². The van der Waals surface area contributed by atoms with Gasteiger partial charge in [0.25, 0.3) is 0 Å². The van der Waals surface area contributed by atoms with Crippen LogP contribution in [0.5, 0.6) is 0 Å². The Balaban J connectivity index is 1.88. The van der Waals surface area contributed by atoms with Crippen molar-refractivity contribution in [3.63, 3.8) is 0 Å². The van der Waals surface area contributed by atoms with Crippen LogP contribution in [-0.4, -0.2) is 35.3 Å². The van der Waals surface area contributed by atoms with Crippen molar-refractivity contribution >= 4 is 11.8 Å². The van der Waals surface area contributed by atoms with E-state index < -0.39 is 0 Å². The molecule has 1 heterocycles. The first kappa shape index (κ1) is 14.7. The van der Waals surface area contributed by atoms with Crippen molar-refractivity contribution in [3.05, 3.63) is 35.4 Å². The fourth-order valence-corrected chi connectivity index (χ4v) is 2.62. The number of hydrogen-bond acceptors (Lipinski definition) is 3. The van der Waals surface area contributed by atoms with Gasteiger partial charge in [0.15, 0.2) is 0 Å². The molecule has 20 heavy (non-hydrogen) atoms. The van der Waals surface area contributed by atoms with Crippen LogP contribution in [0.3, 0.4) is 0 Å². The summed E-state index contributed by atoms with van der Waals surface area (Å²) in [6.07, 6.45) is 1.15. The van der Waals surface area contributed by atoms with E-state index in [-0.39, 0.29) is 30.3 Å². The van der Waals surface area contributed by atoms with Gasteiger partial charge in [0.1, 0.15) is 0 Å². The third kappa shape index (κ3) is 3.07. The summed E-state index contributed by atoms with van der Waals surface area (Å²) in [6.45, 7) is 6.53. The molecule has 1 aliphatic heterocycles. The summed E-state index contributed by atoms with van der Waals surface area (Å²) in [5.74, 6) is -0.159. The number of nitrogens with zero attached hydrogens (tertiary/aromatic N) is 1. The predicted molar refractivity (Wildman–Crippen MR) is 78.3 cm³/mol. The Morgan fingerprint density at radius 1 is 1.30 bits per heavy atom. The minimum absolute atomic E-state index is 0.0573. The molecule has 0 aliphatic carbocycles. The fourth-order valence-electron chi connectivity index (χ4n) is 2.62. The molecule has 2 amide bonds. The number of carbonyl (C=O) groups is 2. The van der Waals surface area contributed by atoms with E-state index in [0.29, 0.717) is 6.54 Å². The molecular formula is C16H22N2O2.